The Hall–Kier alpha value is -2.03. The first-order valence-electron chi connectivity index (χ1n) is 6.05. The molecule has 0 atom stereocenters. The first kappa shape index (κ1) is 12.4. The molecule has 0 radical (unpaired) electrons. The van der Waals surface area contributed by atoms with Gasteiger partial charge in [0, 0.05) is 11.8 Å². The molecule has 3 nitrogen and oxygen atoms in total. The molecule has 0 aliphatic carbocycles. The van der Waals surface area contributed by atoms with E-state index in [-0.39, 0.29) is 6.10 Å². The molecule has 0 spiro atoms. The van der Waals surface area contributed by atoms with Crippen LogP contribution in [0, 0.1) is 6.92 Å². The van der Waals surface area contributed by atoms with Gasteiger partial charge in [-0.05, 0) is 50.1 Å². The van der Waals surface area contributed by atoms with Crippen LogP contribution in [0.4, 0.5) is 5.82 Å². The fourth-order valence-electron chi connectivity index (χ4n) is 1.76. The predicted octanol–water partition coefficient (Wildman–Crippen LogP) is 3.43. The van der Waals surface area contributed by atoms with Gasteiger partial charge in [0.1, 0.15) is 11.6 Å². The molecule has 0 aliphatic heterocycles. The number of nitrogens with two attached hydrogens (primary N) is 1. The van der Waals surface area contributed by atoms with Crippen LogP contribution in [0.15, 0.2) is 36.5 Å². The zero-order valence-corrected chi connectivity index (χ0v) is 11.0. The highest BCUT2D eigenvalue weighted by Gasteiger charge is 2.04. The first-order chi connectivity index (χ1) is 8.56. The molecule has 0 unspecified atom stereocenters. The number of aryl methyl sites for hydroxylation is 1. The Morgan fingerprint density at radius 1 is 1.17 bits per heavy atom. The average molecular weight is 242 g/mol. The summed E-state index contributed by atoms with van der Waals surface area (Å²) in [5, 5.41) is 0. The van der Waals surface area contributed by atoms with Gasteiger partial charge >= 0.3 is 0 Å². The number of aromatic nitrogens is 1. The van der Waals surface area contributed by atoms with Crippen molar-refractivity contribution in [3.63, 3.8) is 0 Å². The van der Waals surface area contributed by atoms with Crippen LogP contribution in [0.3, 0.4) is 0 Å². The minimum Gasteiger partial charge on any atom is -0.491 e. The quantitative estimate of drug-likeness (QED) is 0.897. The Morgan fingerprint density at radius 2 is 1.94 bits per heavy atom. The molecule has 0 amide bonds. The van der Waals surface area contributed by atoms with Gasteiger partial charge in [0.15, 0.2) is 0 Å². The minimum atomic E-state index is 0.173. The summed E-state index contributed by atoms with van der Waals surface area (Å²) >= 11 is 0. The zero-order chi connectivity index (χ0) is 13.1. The van der Waals surface area contributed by atoms with E-state index in [1.807, 2.05) is 51.1 Å². The van der Waals surface area contributed by atoms with E-state index in [1.165, 1.54) is 0 Å². The van der Waals surface area contributed by atoms with E-state index in [0.29, 0.717) is 5.82 Å². The van der Waals surface area contributed by atoms with E-state index in [1.54, 1.807) is 6.20 Å². The lowest BCUT2D eigenvalue weighted by molar-refractivity contribution is 0.242. The van der Waals surface area contributed by atoms with E-state index in [0.717, 1.165) is 22.4 Å². The molecule has 1 aromatic carbocycles. The normalized spacial score (nSPS) is 10.7. The Bertz CT molecular complexity index is 550. The van der Waals surface area contributed by atoms with E-state index in [9.17, 15) is 0 Å². The standard InChI is InChI=1S/C15H18N2O/c1-10(2)18-14-6-4-5-12(8-14)13-7-11(3)15(16)17-9-13/h4-10H,1-3H3,(H2,16,17). The monoisotopic (exact) mass is 242 g/mol. The molecule has 0 fully saturated rings. The van der Waals surface area contributed by atoms with Crippen LogP contribution in [0.1, 0.15) is 19.4 Å². The second-order valence-corrected chi connectivity index (χ2v) is 4.62. The molecular formula is C15H18N2O. The lowest BCUT2D eigenvalue weighted by Crippen LogP contribution is -2.05. The van der Waals surface area contributed by atoms with Crippen LogP contribution in [0.2, 0.25) is 0 Å². The molecule has 94 valence electrons. The van der Waals surface area contributed by atoms with Crippen molar-refractivity contribution in [2.75, 3.05) is 5.73 Å². The molecule has 2 aromatic rings. The van der Waals surface area contributed by atoms with Crippen molar-refractivity contribution in [2.24, 2.45) is 0 Å². The molecule has 2 rings (SSSR count). The van der Waals surface area contributed by atoms with Gasteiger partial charge < -0.3 is 10.5 Å². The highest BCUT2D eigenvalue weighted by atomic mass is 16.5. The molecule has 1 heterocycles. The molecule has 0 aliphatic rings. The number of hydrogen-bond acceptors (Lipinski definition) is 3. The Kier molecular flexibility index (Phi) is 3.51. The van der Waals surface area contributed by atoms with Crippen molar-refractivity contribution in [1.29, 1.82) is 0 Å². The minimum absolute atomic E-state index is 0.173. The number of nitrogen functional groups attached to an aromatic ring is 1. The summed E-state index contributed by atoms with van der Waals surface area (Å²) < 4.78 is 5.69. The van der Waals surface area contributed by atoms with Crippen molar-refractivity contribution in [1.82, 2.24) is 4.98 Å². The highest BCUT2D eigenvalue weighted by Crippen LogP contribution is 2.25. The van der Waals surface area contributed by atoms with Crippen LogP contribution in [0.25, 0.3) is 11.1 Å². The third-order valence-electron chi connectivity index (χ3n) is 2.66. The number of rotatable bonds is 3. The summed E-state index contributed by atoms with van der Waals surface area (Å²) in [6, 6.07) is 10.0. The SMILES string of the molecule is Cc1cc(-c2cccc(OC(C)C)c2)cnc1N. The maximum Gasteiger partial charge on any atom is 0.126 e. The van der Waals surface area contributed by atoms with Crippen LogP contribution in [-0.2, 0) is 0 Å². The van der Waals surface area contributed by atoms with E-state index in [4.69, 9.17) is 10.5 Å². The Morgan fingerprint density at radius 3 is 2.61 bits per heavy atom. The summed E-state index contributed by atoms with van der Waals surface area (Å²) in [5.41, 5.74) is 8.85. The summed E-state index contributed by atoms with van der Waals surface area (Å²) in [6.07, 6.45) is 1.96. The molecule has 0 bridgehead atoms. The zero-order valence-electron chi connectivity index (χ0n) is 11.0. The Labute approximate surface area is 108 Å². The van der Waals surface area contributed by atoms with Crippen LogP contribution < -0.4 is 10.5 Å². The van der Waals surface area contributed by atoms with E-state index < -0.39 is 0 Å². The predicted molar refractivity (Wildman–Crippen MR) is 74.6 cm³/mol. The van der Waals surface area contributed by atoms with Gasteiger partial charge in [-0.1, -0.05) is 12.1 Å². The van der Waals surface area contributed by atoms with Crippen molar-refractivity contribution in [3.8, 4) is 16.9 Å². The lowest BCUT2D eigenvalue weighted by Gasteiger charge is -2.11. The average Bonchev–Trinajstić information content (AvgIpc) is 2.32. The van der Waals surface area contributed by atoms with E-state index in [2.05, 4.69) is 4.98 Å². The van der Waals surface area contributed by atoms with Crippen LogP contribution in [-0.4, -0.2) is 11.1 Å². The third-order valence-corrected chi connectivity index (χ3v) is 2.66. The molecule has 2 N–H and O–H groups in total. The van der Waals surface area contributed by atoms with Gasteiger partial charge in [-0.3, -0.25) is 0 Å². The van der Waals surface area contributed by atoms with Crippen LogP contribution in [0.5, 0.6) is 5.75 Å². The van der Waals surface area contributed by atoms with Crippen molar-refractivity contribution < 1.29 is 4.74 Å². The third kappa shape index (κ3) is 2.80. The number of anilines is 1. The van der Waals surface area contributed by atoms with Gasteiger partial charge in [-0.2, -0.15) is 0 Å². The number of ether oxygens (including phenoxy) is 1. The van der Waals surface area contributed by atoms with Crippen molar-refractivity contribution >= 4 is 5.82 Å². The maximum atomic E-state index is 5.73. The highest BCUT2D eigenvalue weighted by molar-refractivity contribution is 5.66. The Balaban J connectivity index is 2.35. The molecule has 18 heavy (non-hydrogen) atoms. The molecule has 0 saturated carbocycles. The summed E-state index contributed by atoms with van der Waals surface area (Å²) in [6.45, 7) is 5.99. The fraction of sp³-hybridized carbons (Fsp3) is 0.267. The first-order valence-corrected chi connectivity index (χ1v) is 6.05. The molecule has 3 heteroatoms. The second-order valence-electron chi connectivity index (χ2n) is 4.62. The van der Waals surface area contributed by atoms with Gasteiger partial charge in [0.2, 0.25) is 0 Å². The summed E-state index contributed by atoms with van der Waals surface area (Å²) in [5.74, 6) is 1.45. The molecule has 0 saturated heterocycles. The van der Waals surface area contributed by atoms with Gasteiger partial charge in [0.05, 0.1) is 6.10 Å². The number of benzene rings is 1. The van der Waals surface area contributed by atoms with Gasteiger partial charge in [0.25, 0.3) is 0 Å². The van der Waals surface area contributed by atoms with Crippen LogP contribution >= 0.6 is 0 Å². The number of nitrogens with zero attached hydrogens (tertiary/aromatic N) is 1. The fourth-order valence-corrected chi connectivity index (χ4v) is 1.76. The molecule has 1 aromatic heterocycles. The number of pyridine rings is 1. The molecular weight excluding hydrogens is 224 g/mol. The smallest absolute Gasteiger partial charge is 0.126 e. The van der Waals surface area contributed by atoms with Gasteiger partial charge in [-0.25, -0.2) is 4.98 Å². The van der Waals surface area contributed by atoms with Crippen molar-refractivity contribution in [2.45, 2.75) is 26.9 Å². The van der Waals surface area contributed by atoms with E-state index >= 15 is 0 Å². The number of hydrogen-bond donors (Lipinski definition) is 1. The summed E-state index contributed by atoms with van der Waals surface area (Å²) in [7, 11) is 0. The second kappa shape index (κ2) is 5.08. The van der Waals surface area contributed by atoms with Crippen molar-refractivity contribution in [3.05, 3.63) is 42.1 Å². The largest absolute Gasteiger partial charge is 0.491 e. The van der Waals surface area contributed by atoms with Gasteiger partial charge in [-0.15, -0.1) is 0 Å². The topological polar surface area (TPSA) is 48.1 Å². The summed E-state index contributed by atoms with van der Waals surface area (Å²) in [4.78, 5) is 4.18. The maximum absolute atomic E-state index is 5.73. The lowest BCUT2D eigenvalue weighted by atomic mass is 10.1.